The first-order valence-electron chi connectivity index (χ1n) is 9.12. The highest BCUT2D eigenvalue weighted by Crippen LogP contribution is 2.49. The van der Waals surface area contributed by atoms with Crippen LogP contribution in [0.2, 0.25) is 0 Å². The highest BCUT2D eigenvalue weighted by Gasteiger charge is 2.35. The Morgan fingerprint density at radius 3 is 1.52 bits per heavy atom. The molecule has 0 N–H and O–H groups in total. The number of carbonyl (C=O) groups is 1. The second-order valence-corrected chi connectivity index (χ2v) is 11.5. The molecular formula is C24H25OPS. The van der Waals surface area contributed by atoms with Gasteiger partial charge in [-0.25, -0.2) is 0 Å². The van der Waals surface area contributed by atoms with Crippen LogP contribution in [0.4, 0.5) is 0 Å². The van der Waals surface area contributed by atoms with Gasteiger partial charge in [0.2, 0.25) is 5.52 Å². The molecule has 1 nitrogen and oxygen atoms in total. The molecule has 0 aliphatic carbocycles. The minimum absolute atomic E-state index is 0.0936. The fraction of sp³-hybridized carbons (Fsp3) is 0.208. The second-order valence-electron chi connectivity index (χ2n) is 7.26. The van der Waals surface area contributed by atoms with Crippen LogP contribution in [0.15, 0.2) is 60.7 Å². The van der Waals surface area contributed by atoms with Crippen molar-refractivity contribution in [2.24, 2.45) is 0 Å². The Labute approximate surface area is 167 Å². The molecule has 0 atom stereocenters. The summed E-state index contributed by atoms with van der Waals surface area (Å²) in [5.74, 6) is 0. The molecule has 0 spiro atoms. The van der Waals surface area contributed by atoms with Crippen LogP contribution in [0.3, 0.4) is 0 Å². The first-order valence-corrected chi connectivity index (χ1v) is 11.9. The molecule has 0 amide bonds. The van der Waals surface area contributed by atoms with E-state index in [1.807, 2.05) is 50.2 Å². The molecule has 3 aromatic carbocycles. The van der Waals surface area contributed by atoms with Crippen LogP contribution in [0, 0.1) is 34.6 Å². The van der Waals surface area contributed by atoms with Gasteiger partial charge in [-0.3, -0.25) is 4.79 Å². The zero-order chi connectivity index (χ0) is 19.8. The fourth-order valence-corrected chi connectivity index (χ4v) is 8.46. The van der Waals surface area contributed by atoms with Crippen molar-refractivity contribution >= 4 is 34.0 Å². The molecule has 3 heteroatoms. The largest absolute Gasteiger partial charge is 0.287 e. The number of hydrogen-bond acceptors (Lipinski definition) is 2. The van der Waals surface area contributed by atoms with Gasteiger partial charge in [0.1, 0.15) is 0 Å². The maximum absolute atomic E-state index is 14.1. The Morgan fingerprint density at radius 1 is 0.704 bits per heavy atom. The SMILES string of the molecule is Cc1cc(C)c(C(=O)P(=S)(c2ccccc2C)c2ccccc2C)c(C)c1. The van der Waals surface area contributed by atoms with E-state index in [1.165, 1.54) is 5.56 Å². The van der Waals surface area contributed by atoms with Gasteiger partial charge >= 0.3 is 0 Å². The van der Waals surface area contributed by atoms with Gasteiger partial charge < -0.3 is 0 Å². The van der Waals surface area contributed by atoms with E-state index in [-0.39, 0.29) is 5.52 Å². The third-order valence-corrected chi connectivity index (χ3v) is 9.92. The van der Waals surface area contributed by atoms with E-state index >= 15 is 0 Å². The third kappa shape index (κ3) is 3.45. The molecule has 0 radical (unpaired) electrons. The highest BCUT2D eigenvalue weighted by atomic mass is 32.4. The minimum atomic E-state index is -2.69. The number of hydrogen-bond donors (Lipinski definition) is 0. The summed E-state index contributed by atoms with van der Waals surface area (Å²) < 4.78 is 0. The first-order chi connectivity index (χ1) is 12.8. The summed E-state index contributed by atoms with van der Waals surface area (Å²) >= 11 is 6.33. The van der Waals surface area contributed by atoms with Crippen molar-refractivity contribution in [1.29, 1.82) is 0 Å². The van der Waals surface area contributed by atoms with Gasteiger partial charge in [0.05, 0.1) is 6.04 Å². The first kappa shape index (κ1) is 19.7. The lowest BCUT2D eigenvalue weighted by Gasteiger charge is -2.26. The van der Waals surface area contributed by atoms with Crippen molar-refractivity contribution in [2.75, 3.05) is 0 Å². The monoisotopic (exact) mass is 392 g/mol. The van der Waals surface area contributed by atoms with E-state index in [0.717, 1.165) is 38.4 Å². The molecule has 27 heavy (non-hydrogen) atoms. The number of rotatable bonds is 4. The van der Waals surface area contributed by atoms with E-state index in [0.29, 0.717) is 0 Å². The molecule has 0 heterocycles. The van der Waals surface area contributed by atoms with Gasteiger partial charge in [0, 0.05) is 5.56 Å². The van der Waals surface area contributed by atoms with Gasteiger partial charge in [0.15, 0.2) is 0 Å². The standard InChI is InChI=1S/C24H25OPS/c1-16-14-19(4)23(20(5)15-16)24(25)26(27,21-12-8-6-10-17(21)2)22-13-9-7-11-18(22)3/h6-15H,1-5H3. The average molecular weight is 393 g/mol. The molecule has 0 aromatic heterocycles. The molecule has 0 unspecified atom stereocenters. The predicted octanol–water partition coefficient (Wildman–Crippen LogP) is 5.50. The van der Waals surface area contributed by atoms with Gasteiger partial charge in [-0.2, -0.15) is 0 Å². The lowest BCUT2D eigenvalue weighted by Crippen LogP contribution is -2.26. The average Bonchev–Trinajstić information content (AvgIpc) is 2.61. The molecule has 3 rings (SSSR count). The number of benzene rings is 3. The van der Waals surface area contributed by atoms with Crippen molar-refractivity contribution < 1.29 is 4.79 Å². The third-order valence-electron chi connectivity index (χ3n) is 5.09. The Bertz CT molecular complexity index is 1010. The van der Waals surface area contributed by atoms with Crippen LogP contribution < -0.4 is 10.6 Å². The van der Waals surface area contributed by atoms with Crippen molar-refractivity contribution in [1.82, 2.24) is 0 Å². The van der Waals surface area contributed by atoms with Crippen LogP contribution >= 0.6 is 6.04 Å². The Morgan fingerprint density at radius 2 is 1.11 bits per heavy atom. The maximum Gasteiger partial charge on any atom is 0.202 e. The van der Waals surface area contributed by atoms with Crippen LogP contribution in [0.1, 0.15) is 38.2 Å². The van der Waals surface area contributed by atoms with Gasteiger partial charge in [-0.15, -0.1) is 0 Å². The summed E-state index contributed by atoms with van der Waals surface area (Å²) in [5, 5.41) is 2.00. The lowest BCUT2D eigenvalue weighted by molar-refractivity contribution is 0.108. The summed E-state index contributed by atoms with van der Waals surface area (Å²) in [7, 11) is 0. The Balaban J connectivity index is 2.36. The molecule has 0 aliphatic heterocycles. The summed E-state index contributed by atoms with van der Waals surface area (Å²) in [4.78, 5) is 14.1. The fourth-order valence-electron chi connectivity index (χ4n) is 3.86. The number of aryl methyl sites for hydroxylation is 5. The van der Waals surface area contributed by atoms with Crippen molar-refractivity contribution in [3.05, 3.63) is 94.0 Å². The highest BCUT2D eigenvalue weighted by molar-refractivity contribution is 8.30. The molecule has 0 saturated carbocycles. The predicted molar refractivity (Wildman–Crippen MR) is 121 cm³/mol. The van der Waals surface area contributed by atoms with Gasteiger partial charge in [-0.1, -0.05) is 78.0 Å². The van der Waals surface area contributed by atoms with E-state index < -0.39 is 6.04 Å². The summed E-state index contributed by atoms with van der Waals surface area (Å²) in [6.07, 6.45) is 0. The molecule has 0 fully saturated rings. The Kier molecular flexibility index (Phi) is 5.51. The van der Waals surface area contributed by atoms with Crippen LogP contribution in [0.5, 0.6) is 0 Å². The molecule has 0 bridgehead atoms. The molecule has 138 valence electrons. The van der Waals surface area contributed by atoms with Crippen LogP contribution in [0.25, 0.3) is 0 Å². The topological polar surface area (TPSA) is 17.1 Å². The quantitative estimate of drug-likeness (QED) is 0.546. The van der Waals surface area contributed by atoms with Crippen molar-refractivity contribution in [3.8, 4) is 0 Å². The summed E-state index contributed by atoms with van der Waals surface area (Å²) in [6, 6.07) is 17.6. The summed E-state index contributed by atoms with van der Waals surface area (Å²) in [6.45, 7) is 10.2. The van der Waals surface area contributed by atoms with Crippen molar-refractivity contribution in [2.45, 2.75) is 34.6 Å². The summed E-state index contributed by atoms with van der Waals surface area (Å²) in [5.41, 5.74) is 6.23. The van der Waals surface area contributed by atoms with Crippen LogP contribution in [-0.4, -0.2) is 5.52 Å². The smallest absolute Gasteiger partial charge is 0.202 e. The molecule has 0 aliphatic rings. The van der Waals surface area contributed by atoms with E-state index in [4.69, 9.17) is 11.8 Å². The van der Waals surface area contributed by atoms with Gasteiger partial charge in [0.25, 0.3) is 0 Å². The zero-order valence-corrected chi connectivity index (χ0v) is 18.2. The molecular weight excluding hydrogens is 367 g/mol. The normalized spacial score (nSPS) is 11.4. The van der Waals surface area contributed by atoms with E-state index in [2.05, 4.69) is 45.0 Å². The van der Waals surface area contributed by atoms with Gasteiger partial charge in [-0.05, 0) is 67.5 Å². The minimum Gasteiger partial charge on any atom is -0.287 e. The Hall–Kier alpha value is -2.02. The van der Waals surface area contributed by atoms with E-state index in [9.17, 15) is 4.79 Å². The van der Waals surface area contributed by atoms with Crippen molar-refractivity contribution in [3.63, 3.8) is 0 Å². The lowest BCUT2D eigenvalue weighted by atomic mass is 10.0. The molecule has 3 aromatic rings. The second kappa shape index (κ2) is 7.54. The molecule has 0 saturated heterocycles. The number of carbonyl (C=O) groups excluding carboxylic acids is 1. The maximum atomic E-state index is 14.1. The van der Waals surface area contributed by atoms with E-state index in [1.54, 1.807) is 0 Å². The van der Waals surface area contributed by atoms with Crippen LogP contribution in [-0.2, 0) is 11.8 Å². The zero-order valence-electron chi connectivity index (χ0n) is 16.5.